The van der Waals surface area contributed by atoms with Crippen molar-refractivity contribution in [3.8, 4) is 0 Å². The fraction of sp³-hybridized carbons (Fsp3) is 0.0714. The standard InChI is InChI=1S/C14H12N2O4/c17-14(20-10-11-5-2-1-3-6-11)15-12-7-4-8-13(9-12)16(18)19/h1-9H,10H2,(H,15,17). The van der Waals surface area contributed by atoms with Gasteiger partial charge in [-0.2, -0.15) is 0 Å². The second-order valence-electron chi connectivity index (χ2n) is 3.99. The zero-order valence-electron chi connectivity index (χ0n) is 10.5. The monoisotopic (exact) mass is 272 g/mol. The van der Waals surface area contributed by atoms with E-state index in [1.54, 1.807) is 6.07 Å². The van der Waals surface area contributed by atoms with Crippen molar-refractivity contribution in [1.82, 2.24) is 0 Å². The van der Waals surface area contributed by atoms with Gasteiger partial charge in [-0.05, 0) is 11.6 Å². The third-order valence-electron chi connectivity index (χ3n) is 2.52. The van der Waals surface area contributed by atoms with Gasteiger partial charge in [-0.25, -0.2) is 4.79 Å². The first-order valence-electron chi connectivity index (χ1n) is 5.87. The van der Waals surface area contributed by atoms with Crippen LogP contribution in [0, 0.1) is 10.1 Å². The number of hydrogen-bond donors (Lipinski definition) is 1. The highest BCUT2D eigenvalue weighted by molar-refractivity contribution is 5.85. The number of anilines is 1. The molecule has 0 saturated carbocycles. The number of amides is 1. The van der Waals surface area contributed by atoms with Crippen LogP contribution in [-0.4, -0.2) is 11.0 Å². The maximum absolute atomic E-state index is 11.6. The first-order valence-corrected chi connectivity index (χ1v) is 5.87. The van der Waals surface area contributed by atoms with E-state index in [9.17, 15) is 14.9 Å². The van der Waals surface area contributed by atoms with Crippen LogP contribution < -0.4 is 5.32 Å². The molecule has 6 nitrogen and oxygen atoms in total. The molecule has 2 rings (SSSR count). The van der Waals surface area contributed by atoms with Crippen molar-refractivity contribution < 1.29 is 14.5 Å². The highest BCUT2D eigenvalue weighted by Gasteiger charge is 2.08. The first-order chi connectivity index (χ1) is 9.65. The number of nitrogens with one attached hydrogen (secondary N) is 1. The van der Waals surface area contributed by atoms with Crippen LogP contribution in [0.3, 0.4) is 0 Å². The molecule has 0 unspecified atom stereocenters. The van der Waals surface area contributed by atoms with Gasteiger partial charge in [0.2, 0.25) is 0 Å². The average molecular weight is 272 g/mol. The number of nitro groups is 1. The molecule has 2 aromatic rings. The van der Waals surface area contributed by atoms with Crippen LogP contribution in [0.15, 0.2) is 54.6 Å². The number of ether oxygens (including phenoxy) is 1. The van der Waals surface area contributed by atoms with Crippen LogP contribution in [0.1, 0.15) is 5.56 Å². The summed E-state index contributed by atoms with van der Waals surface area (Å²) in [5.41, 5.74) is 1.09. The molecule has 6 heteroatoms. The number of nitro benzene ring substituents is 1. The summed E-state index contributed by atoms with van der Waals surface area (Å²) < 4.78 is 5.01. The molecule has 20 heavy (non-hydrogen) atoms. The van der Waals surface area contributed by atoms with E-state index >= 15 is 0 Å². The van der Waals surface area contributed by atoms with E-state index in [0.29, 0.717) is 5.69 Å². The van der Waals surface area contributed by atoms with Crippen LogP contribution in [0.25, 0.3) is 0 Å². The summed E-state index contributed by atoms with van der Waals surface area (Å²) in [6.45, 7) is 0.140. The minimum Gasteiger partial charge on any atom is -0.444 e. The molecule has 0 fully saturated rings. The zero-order valence-corrected chi connectivity index (χ0v) is 10.5. The van der Waals surface area contributed by atoms with Gasteiger partial charge in [0.25, 0.3) is 5.69 Å². The van der Waals surface area contributed by atoms with E-state index in [1.807, 2.05) is 30.3 Å². The topological polar surface area (TPSA) is 81.5 Å². The molecule has 0 aliphatic carbocycles. The predicted octanol–water partition coefficient (Wildman–Crippen LogP) is 3.34. The van der Waals surface area contributed by atoms with Gasteiger partial charge in [0, 0.05) is 12.1 Å². The van der Waals surface area contributed by atoms with Gasteiger partial charge in [-0.3, -0.25) is 15.4 Å². The quantitative estimate of drug-likeness (QED) is 0.683. The summed E-state index contributed by atoms with van der Waals surface area (Å²) in [6.07, 6.45) is -0.658. The highest BCUT2D eigenvalue weighted by atomic mass is 16.6. The summed E-state index contributed by atoms with van der Waals surface area (Å²) in [7, 11) is 0. The lowest BCUT2D eigenvalue weighted by atomic mass is 10.2. The number of carbonyl (C=O) groups is 1. The maximum Gasteiger partial charge on any atom is 0.411 e. The fourth-order valence-corrected chi connectivity index (χ4v) is 1.57. The van der Waals surface area contributed by atoms with Crippen LogP contribution >= 0.6 is 0 Å². The van der Waals surface area contributed by atoms with Crippen molar-refractivity contribution >= 4 is 17.5 Å². The second-order valence-corrected chi connectivity index (χ2v) is 3.99. The van der Waals surface area contributed by atoms with E-state index in [-0.39, 0.29) is 12.3 Å². The van der Waals surface area contributed by atoms with Gasteiger partial charge < -0.3 is 4.74 Å². The minimum absolute atomic E-state index is 0.0918. The Balaban J connectivity index is 1.91. The second kappa shape index (κ2) is 6.33. The van der Waals surface area contributed by atoms with Crippen molar-refractivity contribution in [2.24, 2.45) is 0 Å². The van der Waals surface area contributed by atoms with E-state index in [2.05, 4.69) is 5.32 Å². The van der Waals surface area contributed by atoms with Gasteiger partial charge >= 0.3 is 6.09 Å². The Morgan fingerprint density at radius 1 is 1.15 bits per heavy atom. The van der Waals surface area contributed by atoms with E-state index in [0.717, 1.165) is 5.56 Å². The Morgan fingerprint density at radius 2 is 1.90 bits per heavy atom. The third-order valence-corrected chi connectivity index (χ3v) is 2.52. The molecule has 0 aliphatic rings. The molecule has 1 N–H and O–H groups in total. The molecule has 1 amide bonds. The maximum atomic E-state index is 11.6. The summed E-state index contributed by atoms with van der Waals surface area (Å²) in [5, 5.41) is 13.1. The minimum atomic E-state index is -0.658. The lowest BCUT2D eigenvalue weighted by Crippen LogP contribution is -2.13. The molecule has 0 atom stereocenters. The Morgan fingerprint density at radius 3 is 2.60 bits per heavy atom. The van der Waals surface area contributed by atoms with Crippen LogP contribution in [0.2, 0.25) is 0 Å². The summed E-state index contributed by atoms with van der Waals surface area (Å²) in [4.78, 5) is 21.6. The average Bonchev–Trinajstić information content (AvgIpc) is 2.46. The summed E-state index contributed by atoms with van der Waals surface area (Å²) in [6, 6.07) is 14.9. The van der Waals surface area contributed by atoms with E-state index in [1.165, 1.54) is 18.2 Å². The molecule has 0 heterocycles. The molecule has 0 aliphatic heterocycles. The van der Waals surface area contributed by atoms with Crippen molar-refractivity contribution in [2.45, 2.75) is 6.61 Å². The van der Waals surface area contributed by atoms with Crippen molar-refractivity contribution in [2.75, 3.05) is 5.32 Å². The fourth-order valence-electron chi connectivity index (χ4n) is 1.57. The molecule has 0 saturated heterocycles. The molecule has 2 aromatic carbocycles. The molecular weight excluding hydrogens is 260 g/mol. The molecular formula is C14H12N2O4. The van der Waals surface area contributed by atoms with Crippen LogP contribution in [0.4, 0.5) is 16.2 Å². The number of carbonyl (C=O) groups excluding carboxylic acids is 1. The number of non-ortho nitro benzene ring substituents is 1. The van der Waals surface area contributed by atoms with Gasteiger partial charge in [0.1, 0.15) is 6.61 Å². The van der Waals surface area contributed by atoms with Gasteiger partial charge in [-0.1, -0.05) is 36.4 Å². The van der Waals surface area contributed by atoms with E-state index in [4.69, 9.17) is 4.74 Å². The molecule has 0 aromatic heterocycles. The first kappa shape index (κ1) is 13.5. The van der Waals surface area contributed by atoms with Crippen LogP contribution in [0.5, 0.6) is 0 Å². The summed E-state index contributed by atoms with van der Waals surface area (Å²) in [5.74, 6) is 0. The Kier molecular flexibility index (Phi) is 4.28. The highest BCUT2D eigenvalue weighted by Crippen LogP contribution is 2.17. The SMILES string of the molecule is O=C(Nc1cccc([N+](=O)[O-])c1)OCc1ccccc1. The number of nitrogens with zero attached hydrogens (tertiary/aromatic N) is 1. The van der Waals surface area contributed by atoms with Gasteiger partial charge in [0.05, 0.1) is 10.6 Å². The van der Waals surface area contributed by atoms with Crippen LogP contribution in [-0.2, 0) is 11.3 Å². The van der Waals surface area contributed by atoms with E-state index < -0.39 is 11.0 Å². The largest absolute Gasteiger partial charge is 0.444 e. The normalized spacial score (nSPS) is 9.80. The third kappa shape index (κ3) is 3.81. The van der Waals surface area contributed by atoms with Crippen molar-refractivity contribution in [3.05, 3.63) is 70.3 Å². The molecule has 0 radical (unpaired) electrons. The Labute approximate surface area is 115 Å². The predicted molar refractivity (Wildman–Crippen MR) is 73.3 cm³/mol. The van der Waals surface area contributed by atoms with Crippen molar-refractivity contribution in [1.29, 1.82) is 0 Å². The smallest absolute Gasteiger partial charge is 0.411 e. The molecule has 0 spiro atoms. The Bertz CT molecular complexity index is 614. The number of hydrogen-bond acceptors (Lipinski definition) is 4. The molecule has 102 valence electrons. The van der Waals surface area contributed by atoms with Crippen molar-refractivity contribution in [3.63, 3.8) is 0 Å². The van der Waals surface area contributed by atoms with Gasteiger partial charge in [-0.15, -0.1) is 0 Å². The molecule has 0 bridgehead atoms. The zero-order chi connectivity index (χ0) is 14.4. The van der Waals surface area contributed by atoms with Gasteiger partial charge in [0.15, 0.2) is 0 Å². The summed E-state index contributed by atoms with van der Waals surface area (Å²) >= 11 is 0. The number of benzene rings is 2. The Hall–Kier alpha value is -2.89. The lowest BCUT2D eigenvalue weighted by Gasteiger charge is -2.06. The lowest BCUT2D eigenvalue weighted by molar-refractivity contribution is -0.384. The number of rotatable bonds is 4.